The summed E-state index contributed by atoms with van der Waals surface area (Å²) in [5.74, 6) is -1.35. The molecule has 0 unspecified atom stereocenters. The van der Waals surface area contributed by atoms with Crippen molar-refractivity contribution in [1.82, 2.24) is 9.38 Å². The molecule has 0 atom stereocenters. The second kappa shape index (κ2) is 5.14. The Bertz CT molecular complexity index is 847. The van der Waals surface area contributed by atoms with Crippen LogP contribution in [0, 0.1) is 12.7 Å². The van der Waals surface area contributed by atoms with Crippen molar-refractivity contribution in [1.29, 1.82) is 0 Å². The Morgan fingerprint density at radius 1 is 1.38 bits per heavy atom. The number of nitrogens with zero attached hydrogens (tertiary/aromatic N) is 2. The zero-order valence-corrected chi connectivity index (χ0v) is 11.9. The van der Waals surface area contributed by atoms with Crippen LogP contribution in [-0.4, -0.2) is 20.5 Å². The number of imidazole rings is 1. The Hall–Kier alpha value is -2.47. The molecule has 0 aliphatic carbocycles. The van der Waals surface area contributed by atoms with Crippen LogP contribution in [0.1, 0.15) is 11.4 Å². The molecule has 1 N–H and O–H groups in total. The van der Waals surface area contributed by atoms with Crippen LogP contribution in [0.2, 0.25) is 0 Å². The van der Waals surface area contributed by atoms with Crippen molar-refractivity contribution < 1.29 is 14.3 Å². The van der Waals surface area contributed by atoms with Crippen LogP contribution < -0.4 is 0 Å². The van der Waals surface area contributed by atoms with Crippen molar-refractivity contribution in [2.24, 2.45) is 0 Å². The van der Waals surface area contributed by atoms with Gasteiger partial charge >= 0.3 is 5.97 Å². The van der Waals surface area contributed by atoms with Crippen molar-refractivity contribution in [2.45, 2.75) is 6.92 Å². The molecule has 0 spiro atoms. The van der Waals surface area contributed by atoms with Gasteiger partial charge in [-0.15, -0.1) is 11.3 Å². The van der Waals surface area contributed by atoms with E-state index in [4.69, 9.17) is 5.11 Å². The van der Waals surface area contributed by atoms with Gasteiger partial charge in [0.05, 0.1) is 11.4 Å². The van der Waals surface area contributed by atoms with E-state index in [1.165, 1.54) is 29.5 Å². The van der Waals surface area contributed by atoms with Gasteiger partial charge in [0.15, 0.2) is 4.96 Å². The van der Waals surface area contributed by atoms with Crippen LogP contribution in [0.15, 0.2) is 35.7 Å². The normalized spacial score (nSPS) is 11.5. The molecule has 1 aromatic carbocycles. The number of aromatic nitrogens is 2. The largest absolute Gasteiger partial charge is 0.478 e. The van der Waals surface area contributed by atoms with Crippen molar-refractivity contribution in [3.05, 3.63) is 52.9 Å². The lowest BCUT2D eigenvalue weighted by molar-refractivity contribution is -0.131. The highest BCUT2D eigenvalue weighted by Crippen LogP contribution is 2.29. The smallest absolute Gasteiger partial charge is 0.328 e. The highest BCUT2D eigenvalue weighted by atomic mass is 32.1. The number of rotatable bonds is 3. The molecule has 4 nitrogen and oxygen atoms in total. The number of hydrogen-bond acceptors (Lipinski definition) is 3. The molecule has 0 saturated carbocycles. The zero-order chi connectivity index (χ0) is 15.0. The van der Waals surface area contributed by atoms with Crippen LogP contribution in [0.3, 0.4) is 0 Å². The Balaban J connectivity index is 2.24. The SMILES string of the molecule is Cc1csc2nc(-c3ccc(F)cc3)c(/C=C/C(=O)O)n12. The number of fused-ring (bicyclic) bond motifs is 1. The lowest BCUT2D eigenvalue weighted by Crippen LogP contribution is -1.92. The third-order valence-corrected chi connectivity index (χ3v) is 4.01. The average Bonchev–Trinajstić information content (AvgIpc) is 2.98. The van der Waals surface area contributed by atoms with E-state index >= 15 is 0 Å². The summed E-state index contributed by atoms with van der Waals surface area (Å²) in [6, 6.07) is 5.99. The summed E-state index contributed by atoms with van der Waals surface area (Å²) in [5, 5.41) is 10.8. The first-order valence-electron chi connectivity index (χ1n) is 6.20. The summed E-state index contributed by atoms with van der Waals surface area (Å²) in [7, 11) is 0. The van der Waals surface area contributed by atoms with Crippen LogP contribution in [0.5, 0.6) is 0 Å². The molecular formula is C15H11FN2O2S. The number of carboxylic acid groups (broad SMARTS) is 1. The fraction of sp³-hybridized carbons (Fsp3) is 0.0667. The van der Waals surface area contributed by atoms with E-state index in [2.05, 4.69) is 4.98 Å². The summed E-state index contributed by atoms with van der Waals surface area (Å²) in [5.41, 5.74) is 3.04. The summed E-state index contributed by atoms with van der Waals surface area (Å²) in [6.45, 7) is 1.93. The average molecular weight is 302 g/mol. The molecule has 3 aromatic rings. The van der Waals surface area contributed by atoms with Crippen molar-refractivity contribution in [3.8, 4) is 11.3 Å². The number of aliphatic carboxylic acids is 1. The predicted octanol–water partition coefficient (Wildman–Crippen LogP) is 3.61. The van der Waals surface area contributed by atoms with E-state index in [0.717, 1.165) is 22.3 Å². The number of carbonyl (C=O) groups is 1. The van der Waals surface area contributed by atoms with E-state index in [0.29, 0.717) is 11.4 Å². The van der Waals surface area contributed by atoms with E-state index in [9.17, 15) is 9.18 Å². The van der Waals surface area contributed by atoms with Gasteiger partial charge in [-0.1, -0.05) is 0 Å². The highest BCUT2D eigenvalue weighted by Gasteiger charge is 2.15. The molecule has 6 heteroatoms. The third-order valence-electron chi connectivity index (χ3n) is 3.07. The zero-order valence-electron chi connectivity index (χ0n) is 11.1. The fourth-order valence-electron chi connectivity index (χ4n) is 2.15. The molecule has 0 bridgehead atoms. The summed E-state index contributed by atoms with van der Waals surface area (Å²) >= 11 is 1.48. The van der Waals surface area contributed by atoms with E-state index in [1.807, 2.05) is 16.7 Å². The number of benzene rings is 1. The summed E-state index contributed by atoms with van der Waals surface area (Å²) in [6.07, 6.45) is 2.59. The standard InChI is InChI=1S/C15H11FN2O2S/c1-9-8-21-15-17-14(10-2-4-11(16)5-3-10)12(18(9)15)6-7-13(19)20/h2-8H,1H3,(H,19,20)/b7-6+. The molecule has 0 amide bonds. The van der Waals surface area contributed by atoms with E-state index in [1.54, 1.807) is 12.1 Å². The van der Waals surface area contributed by atoms with Gasteiger partial charge in [-0.25, -0.2) is 14.2 Å². The fourth-order valence-corrected chi connectivity index (χ4v) is 3.02. The Labute approximate surface area is 123 Å². The monoisotopic (exact) mass is 302 g/mol. The van der Waals surface area contributed by atoms with E-state index < -0.39 is 5.97 Å². The topological polar surface area (TPSA) is 54.6 Å². The van der Waals surface area contributed by atoms with Crippen molar-refractivity contribution in [3.63, 3.8) is 0 Å². The van der Waals surface area contributed by atoms with Crippen molar-refractivity contribution >= 4 is 28.3 Å². The van der Waals surface area contributed by atoms with Crippen LogP contribution in [-0.2, 0) is 4.79 Å². The minimum Gasteiger partial charge on any atom is -0.478 e. The van der Waals surface area contributed by atoms with Gasteiger partial charge in [0.1, 0.15) is 5.82 Å². The molecule has 0 fully saturated rings. The minimum absolute atomic E-state index is 0.321. The van der Waals surface area contributed by atoms with E-state index in [-0.39, 0.29) is 5.82 Å². The second-order valence-electron chi connectivity index (χ2n) is 4.52. The lowest BCUT2D eigenvalue weighted by atomic mass is 10.1. The van der Waals surface area contributed by atoms with Crippen molar-refractivity contribution in [2.75, 3.05) is 0 Å². The Morgan fingerprint density at radius 3 is 2.76 bits per heavy atom. The maximum atomic E-state index is 13.1. The summed E-state index contributed by atoms with van der Waals surface area (Å²) in [4.78, 5) is 16.1. The Kier molecular flexibility index (Phi) is 3.31. The van der Waals surface area contributed by atoms with Crippen LogP contribution in [0.25, 0.3) is 22.3 Å². The molecule has 0 aliphatic rings. The Morgan fingerprint density at radius 2 is 2.10 bits per heavy atom. The van der Waals surface area contributed by atoms with Crippen LogP contribution >= 0.6 is 11.3 Å². The lowest BCUT2D eigenvalue weighted by Gasteiger charge is -2.01. The third kappa shape index (κ3) is 2.45. The van der Waals surface area contributed by atoms with Gasteiger partial charge in [-0.05, 0) is 37.3 Å². The molecule has 2 aromatic heterocycles. The molecule has 3 rings (SSSR count). The number of carboxylic acids is 1. The molecule has 21 heavy (non-hydrogen) atoms. The first-order chi connectivity index (χ1) is 10.1. The number of halogens is 1. The van der Waals surface area contributed by atoms with Gasteiger partial charge in [0.2, 0.25) is 0 Å². The number of hydrogen-bond donors (Lipinski definition) is 1. The first-order valence-corrected chi connectivity index (χ1v) is 7.07. The highest BCUT2D eigenvalue weighted by molar-refractivity contribution is 7.15. The molecule has 0 saturated heterocycles. The second-order valence-corrected chi connectivity index (χ2v) is 5.36. The maximum Gasteiger partial charge on any atom is 0.328 e. The molecule has 2 heterocycles. The predicted molar refractivity (Wildman–Crippen MR) is 79.9 cm³/mol. The van der Waals surface area contributed by atoms with Gasteiger partial charge in [0.25, 0.3) is 0 Å². The maximum absolute atomic E-state index is 13.1. The van der Waals surface area contributed by atoms with Gasteiger partial charge in [0, 0.05) is 22.7 Å². The number of aryl methyl sites for hydroxylation is 1. The minimum atomic E-state index is -1.03. The van der Waals surface area contributed by atoms with Crippen LogP contribution in [0.4, 0.5) is 4.39 Å². The summed E-state index contributed by atoms with van der Waals surface area (Å²) < 4.78 is 14.9. The molecule has 0 aliphatic heterocycles. The molecular weight excluding hydrogens is 291 g/mol. The van der Waals surface area contributed by atoms with Gasteiger partial charge < -0.3 is 5.11 Å². The van der Waals surface area contributed by atoms with Gasteiger partial charge in [-0.3, -0.25) is 4.40 Å². The molecule has 0 radical (unpaired) electrons. The quantitative estimate of drug-likeness (QED) is 0.752. The number of thiazole rings is 1. The first kappa shape index (κ1) is 13.5. The van der Waals surface area contributed by atoms with Gasteiger partial charge in [-0.2, -0.15) is 0 Å². The molecule has 106 valence electrons.